The van der Waals surface area contributed by atoms with E-state index in [1.165, 1.54) is 6.42 Å². The van der Waals surface area contributed by atoms with Crippen LogP contribution < -0.4 is 10.6 Å². The van der Waals surface area contributed by atoms with Crippen LogP contribution in [0.1, 0.15) is 27.2 Å². The lowest BCUT2D eigenvalue weighted by molar-refractivity contribution is 0.573. The molecule has 3 heteroatoms. The molecule has 0 aromatic carbocycles. The fourth-order valence-electron chi connectivity index (χ4n) is 2.00. The molecule has 1 aliphatic carbocycles. The van der Waals surface area contributed by atoms with E-state index < -0.39 is 0 Å². The van der Waals surface area contributed by atoms with Gasteiger partial charge in [0.15, 0.2) is 0 Å². The summed E-state index contributed by atoms with van der Waals surface area (Å²) in [6, 6.07) is 2.12. The van der Waals surface area contributed by atoms with Gasteiger partial charge in [-0.25, -0.2) is 0 Å². The number of rotatable bonds is 5. The summed E-state index contributed by atoms with van der Waals surface area (Å²) in [6.45, 7) is 8.73. The van der Waals surface area contributed by atoms with E-state index >= 15 is 0 Å². The van der Waals surface area contributed by atoms with E-state index in [0.717, 1.165) is 30.4 Å². The molecule has 1 saturated carbocycles. The van der Waals surface area contributed by atoms with Gasteiger partial charge in [-0.15, -0.1) is 0 Å². The van der Waals surface area contributed by atoms with Crippen molar-refractivity contribution in [2.75, 3.05) is 23.7 Å². The zero-order valence-corrected chi connectivity index (χ0v) is 10.4. The zero-order chi connectivity index (χ0) is 11.6. The van der Waals surface area contributed by atoms with Gasteiger partial charge in [0, 0.05) is 13.1 Å². The topological polar surface area (TPSA) is 37.0 Å². The predicted molar refractivity (Wildman–Crippen MR) is 68.8 cm³/mol. The number of hydrogen-bond donors (Lipinski definition) is 2. The van der Waals surface area contributed by atoms with Gasteiger partial charge in [0.1, 0.15) is 0 Å². The van der Waals surface area contributed by atoms with Crippen molar-refractivity contribution in [3.8, 4) is 0 Å². The van der Waals surface area contributed by atoms with Crippen LogP contribution in [0.5, 0.6) is 0 Å². The SMILES string of the molecule is CCNc1cncc(NCC2CC2(C)C)c1. The molecule has 0 saturated heterocycles. The lowest BCUT2D eigenvalue weighted by Crippen LogP contribution is -2.08. The third-order valence-corrected chi connectivity index (χ3v) is 3.39. The van der Waals surface area contributed by atoms with Crippen molar-refractivity contribution < 1.29 is 0 Å². The molecule has 0 spiro atoms. The quantitative estimate of drug-likeness (QED) is 0.799. The molecule has 3 nitrogen and oxygen atoms in total. The van der Waals surface area contributed by atoms with Gasteiger partial charge in [0.25, 0.3) is 0 Å². The second kappa shape index (κ2) is 4.32. The van der Waals surface area contributed by atoms with Crippen molar-refractivity contribution in [1.82, 2.24) is 4.98 Å². The van der Waals surface area contributed by atoms with Crippen LogP contribution in [0.3, 0.4) is 0 Å². The maximum Gasteiger partial charge on any atom is 0.0547 e. The van der Waals surface area contributed by atoms with E-state index in [0.29, 0.717) is 5.41 Å². The van der Waals surface area contributed by atoms with E-state index in [1.807, 2.05) is 12.4 Å². The summed E-state index contributed by atoms with van der Waals surface area (Å²) in [5, 5.41) is 6.72. The zero-order valence-electron chi connectivity index (χ0n) is 10.4. The summed E-state index contributed by atoms with van der Waals surface area (Å²) in [7, 11) is 0. The lowest BCUT2D eigenvalue weighted by atomic mass is 10.1. The van der Waals surface area contributed by atoms with Crippen LogP contribution in [-0.2, 0) is 0 Å². The molecular weight excluding hydrogens is 198 g/mol. The predicted octanol–water partition coefficient (Wildman–Crippen LogP) is 2.97. The molecule has 0 radical (unpaired) electrons. The molecule has 1 aromatic heterocycles. The van der Waals surface area contributed by atoms with Crippen LogP contribution in [0.2, 0.25) is 0 Å². The highest BCUT2D eigenvalue weighted by Gasteiger charge is 2.44. The van der Waals surface area contributed by atoms with E-state index in [4.69, 9.17) is 0 Å². The van der Waals surface area contributed by atoms with Crippen molar-refractivity contribution in [2.24, 2.45) is 11.3 Å². The van der Waals surface area contributed by atoms with Crippen LogP contribution in [0, 0.1) is 11.3 Å². The van der Waals surface area contributed by atoms with Gasteiger partial charge in [-0.05, 0) is 30.7 Å². The Morgan fingerprint density at radius 2 is 1.94 bits per heavy atom. The number of nitrogens with one attached hydrogen (secondary N) is 2. The first kappa shape index (κ1) is 11.2. The van der Waals surface area contributed by atoms with Crippen molar-refractivity contribution in [3.05, 3.63) is 18.5 Å². The van der Waals surface area contributed by atoms with E-state index in [2.05, 4.69) is 42.5 Å². The van der Waals surface area contributed by atoms with Gasteiger partial charge in [0.2, 0.25) is 0 Å². The molecule has 1 unspecified atom stereocenters. The normalized spacial score (nSPS) is 21.6. The first-order valence-corrected chi connectivity index (χ1v) is 6.04. The monoisotopic (exact) mass is 219 g/mol. The Balaban J connectivity index is 1.87. The highest BCUT2D eigenvalue weighted by Crippen LogP contribution is 2.51. The molecule has 1 fully saturated rings. The summed E-state index contributed by atoms with van der Waals surface area (Å²) < 4.78 is 0. The Kier molecular flexibility index (Phi) is 3.03. The number of aromatic nitrogens is 1. The van der Waals surface area contributed by atoms with Crippen LogP contribution in [-0.4, -0.2) is 18.1 Å². The van der Waals surface area contributed by atoms with Gasteiger partial charge in [-0.2, -0.15) is 0 Å². The fourth-order valence-corrected chi connectivity index (χ4v) is 2.00. The molecule has 1 heterocycles. The molecule has 2 rings (SSSR count). The second-order valence-corrected chi connectivity index (χ2v) is 5.26. The smallest absolute Gasteiger partial charge is 0.0547 e. The van der Waals surface area contributed by atoms with Crippen LogP contribution in [0.25, 0.3) is 0 Å². The highest BCUT2D eigenvalue weighted by molar-refractivity contribution is 5.53. The minimum Gasteiger partial charge on any atom is -0.384 e. The highest BCUT2D eigenvalue weighted by atomic mass is 14.9. The van der Waals surface area contributed by atoms with Crippen LogP contribution in [0.15, 0.2) is 18.5 Å². The van der Waals surface area contributed by atoms with Gasteiger partial charge >= 0.3 is 0 Å². The Bertz CT molecular complexity index is 360. The maximum atomic E-state index is 4.21. The molecule has 0 aliphatic heterocycles. The summed E-state index contributed by atoms with van der Waals surface area (Å²) >= 11 is 0. The Hall–Kier alpha value is -1.25. The number of anilines is 2. The Morgan fingerprint density at radius 1 is 1.31 bits per heavy atom. The molecule has 0 bridgehead atoms. The van der Waals surface area contributed by atoms with Crippen molar-refractivity contribution in [2.45, 2.75) is 27.2 Å². The van der Waals surface area contributed by atoms with Crippen molar-refractivity contribution in [1.29, 1.82) is 0 Å². The lowest BCUT2D eigenvalue weighted by Gasteiger charge is -2.09. The van der Waals surface area contributed by atoms with Gasteiger partial charge < -0.3 is 10.6 Å². The largest absolute Gasteiger partial charge is 0.384 e. The standard InChI is InChI=1S/C13H21N3/c1-4-15-11-5-12(9-14-8-11)16-7-10-6-13(10,2)3/h5,8-10,15-16H,4,6-7H2,1-3H3. The van der Waals surface area contributed by atoms with Gasteiger partial charge in [-0.1, -0.05) is 13.8 Å². The molecule has 0 amide bonds. The van der Waals surface area contributed by atoms with E-state index in [-0.39, 0.29) is 0 Å². The first-order chi connectivity index (χ1) is 7.62. The van der Waals surface area contributed by atoms with Gasteiger partial charge in [0.05, 0.1) is 23.8 Å². The van der Waals surface area contributed by atoms with Crippen LogP contribution in [0.4, 0.5) is 11.4 Å². The summed E-state index contributed by atoms with van der Waals surface area (Å²) in [4.78, 5) is 4.21. The Morgan fingerprint density at radius 3 is 2.50 bits per heavy atom. The number of hydrogen-bond acceptors (Lipinski definition) is 3. The van der Waals surface area contributed by atoms with Crippen molar-refractivity contribution >= 4 is 11.4 Å². The summed E-state index contributed by atoms with van der Waals surface area (Å²) in [5.41, 5.74) is 2.74. The van der Waals surface area contributed by atoms with Crippen LogP contribution >= 0.6 is 0 Å². The average molecular weight is 219 g/mol. The second-order valence-electron chi connectivity index (χ2n) is 5.26. The maximum absolute atomic E-state index is 4.21. The van der Waals surface area contributed by atoms with E-state index in [9.17, 15) is 0 Å². The minimum atomic E-state index is 0.541. The summed E-state index contributed by atoms with van der Waals surface area (Å²) in [6.07, 6.45) is 5.08. The number of pyridine rings is 1. The van der Waals surface area contributed by atoms with E-state index in [1.54, 1.807) is 0 Å². The first-order valence-electron chi connectivity index (χ1n) is 6.04. The van der Waals surface area contributed by atoms with Crippen molar-refractivity contribution in [3.63, 3.8) is 0 Å². The molecular formula is C13H21N3. The Labute approximate surface area is 97.7 Å². The number of nitrogens with zero attached hydrogens (tertiary/aromatic N) is 1. The molecule has 88 valence electrons. The van der Waals surface area contributed by atoms with Gasteiger partial charge in [-0.3, -0.25) is 4.98 Å². The minimum absolute atomic E-state index is 0.541. The third-order valence-electron chi connectivity index (χ3n) is 3.39. The molecule has 1 atom stereocenters. The average Bonchev–Trinajstić information content (AvgIpc) is 2.85. The third kappa shape index (κ3) is 2.65. The fraction of sp³-hybridized carbons (Fsp3) is 0.615. The molecule has 1 aromatic rings. The molecule has 16 heavy (non-hydrogen) atoms. The molecule has 2 N–H and O–H groups in total. The molecule has 1 aliphatic rings. The summed E-state index contributed by atoms with van der Waals surface area (Å²) in [5.74, 6) is 0.815.